The number of aryl methyl sites for hydroxylation is 1. The van der Waals surface area contributed by atoms with Gasteiger partial charge in [0.2, 0.25) is 0 Å². The van der Waals surface area contributed by atoms with Crippen LogP contribution in [-0.2, 0) is 11.2 Å². The molecule has 88 valence electrons. The molecule has 0 aromatic heterocycles. The maximum atomic E-state index is 5.35. The van der Waals surface area contributed by atoms with Gasteiger partial charge < -0.3 is 4.74 Å². The van der Waals surface area contributed by atoms with Crippen molar-refractivity contribution in [2.24, 2.45) is 5.92 Å². The summed E-state index contributed by atoms with van der Waals surface area (Å²) in [5.41, 5.74) is 1.42. The summed E-state index contributed by atoms with van der Waals surface area (Å²) in [6.45, 7) is 6.02. The fourth-order valence-electron chi connectivity index (χ4n) is 2.00. The van der Waals surface area contributed by atoms with Crippen LogP contribution in [0.3, 0.4) is 0 Å². The Morgan fingerprint density at radius 2 is 2.00 bits per heavy atom. The van der Waals surface area contributed by atoms with Gasteiger partial charge in [0.15, 0.2) is 0 Å². The van der Waals surface area contributed by atoms with Gasteiger partial charge in [0.25, 0.3) is 0 Å². The summed E-state index contributed by atoms with van der Waals surface area (Å²) in [4.78, 5) is 0. The molecule has 1 rings (SSSR count). The van der Waals surface area contributed by atoms with E-state index in [-0.39, 0.29) is 6.10 Å². The molecular weight excluding hydrogens is 196 g/mol. The lowest BCUT2D eigenvalue weighted by Gasteiger charge is -2.18. The third-order valence-corrected chi connectivity index (χ3v) is 3.03. The molecule has 1 heteroatoms. The lowest BCUT2D eigenvalue weighted by Crippen LogP contribution is -2.17. The first-order valence-electron chi connectivity index (χ1n) is 5.97. The first-order valence-corrected chi connectivity index (χ1v) is 5.97. The van der Waals surface area contributed by atoms with Gasteiger partial charge in [-0.05, 0) is 30.7 Å². The molecule has 0 saturated carbocycles. The molecule has 0 spiro atoms. The predicted molar refractivity (Wildman–Crippen MR) is 69.5 cm³/mol. The van der Waals surface area contributed by atoms with E-state index in [9.17, 15) is 0 Å². The smallest absolute Gasteiger partial charge is 0.0774 e. The van der Waals surface area contributed by atoms with E-state index in [0.717, 1.165) is 6.42 Å². The number of rotatable bonds is 7. The molecule has 1 aromatic carbocycles. The molecule has 2 atom stereocenters. The first kappa shape index (κ1) is 13.0. The van der Waals surface area contributed by atoms with Crippen LogP contribution in [-0.4, -0.2) is 13.2 Å². The molecule has 1 nitrogen and oxygen atoms in total. The van der Waals surface area contributed by atoms with Crippen LogP contribution >= 0.6 is 0 Å². The lowest BCUT2D eigenvalue weighted by atomic mass is 9.96. The maximum absolute atomic E-state index is 5.35. The third kappa shape index (κ3) is 4.19. The van der Waals surface area contributed by atoms with E-state index in [0.29, 0.717) is 5.92 Å². The Bertz CT molecular complexity index is 292. The highest BCUT2D eigenvalue weighted by atomic mass is 16.5. The van der Waals surface area contributed by atoms with Gasteiger partial charge in [-0.2, -0.15) is 0 Å². The van der Waals surface area contributed by atoms with E-state index < -0.39 is 0 Å². The average molecular weight is 218 g/mol. The molecule has 0 fully saturated rings. The molecule has 0 heterocycles. The summed E-state index contributed by atoms with van der Waals surface area (Å²) in [7, 11) is 1.75. The summed E-state index contributed by atoms with van der Waals surface area (Å²) < 4.78 is 5.35. The molecule has 0 aliphatic rings. The van der Waals surface area contributed by atoms with E-state index >= 15 is 0 Å². The minimum Gasteiger partial charge on any atom is -0.377 e. The fourth-order valence-corrected chi connectivity index (χ4v) is 2.00. The van der Waals surface area contributed by atoms with Crippen LogP contribution in [0.2, 0.25) is 0 Å². The summed E-state index contributed by atoms with van der Waals surface area (Å²) in [6, 6.07) is 10.6. The van der Waals surface area contributed by atoms with E-state index in [1.54, 1.807) is 7.11 Å². The largest absolute Gasteiger partial charge is 0.377 e. The van der Waals surface area contributed by atoms with Gasteiger partial charge in [0.1, 0.15) is 0 Å². The summed E-state index contributed by atoms with van der Waals surface area (Å²) in [6.07, 6.45) is 5.63. The Morgan fingerprint density at radius 1 is 1.31 bits per heavy atom. The highest BCUT2D eigenvalue weighted by Crippen LogP contribution is 2.16. The summed E-state index contributed by atoms with van der Waals surface area (Å²) in [5.74, 6) is 0.547. The van der Waals surface area contributed by atoms with Gasteiger partial charge in [-0.1, -0.05) is 43.3 Å². The van der Waals surface area contributed by atoms with Gasteiger partial charge in [-0.3, -0.25) is 0 Å². The van der Waals surface area contributed by atoms with Crippen molar-refractivity contribution >= 4 is 0 Å². The predicted octanol–water partition coefficient (Wildman–Crippen LogP) is 3.85. The number of benzene rings is 1. The van der Waals surface area contributed by atoms with Crippen molar-refractivity contribution in [1.29, 1.82) is 0 Å². The molecule has 0 aliphatic carbocycles. The number of ether oxygens (including phenoxy) is 1. The summed E-state index contributed by atoms with van der Waals surface area (Å²) in [5, 5.41) is 0. The van der Waals surface area contributed by atoms with Crippen molar-refractivity contribution in [2.45, 2.75) is 32.3 Å². The number of hydrogen-bond acceptors (Lipinski definition) is 1. The highest BCUT2D eigenvalue weighted by Gasteiger charge is 2.12. The fraction of sp³-hybridized carbons (Fsp3) is 0.467. The SMILES string of the molecule is C=CC(OC)C(C)CCCc1ccccc1. The molecule has 16 heavy (non-hydrogen) atoms. The molecule has 0 saturated heterocycles. The van der Waals surface area contributed by atoms with Crippen molar-refractivity contribution in [3.05, 3.63) is 48.6 Å². The quantitative estimate of drug-likeness (QED) is 0.632. The second-order valence-corrected chi connectivity index (χ2v) is 4.29. The van der Waals surface area contributed by atoms with Crippen LogP contribution in [0.15, 0.2) is 43.0 Å². The number of hydrogen-bond donors (Lipinski definition) is 0. The first-order chi connectivity index (χ1) is 7.77. The monoisotopic (exact) mass is 218 g/mol. The maximum Gasteiger partial charge on any atom is 0.0774 e. The van der Waals surface area contributed by atoms with Gasteiger partial charge in [-0.25, -0.2) is 0 Å². The Labute approximate surface area is 99.1 Å². The van der Waals surface area contributed by atoms with Crippen molar-refractivity contribution in [2.75, 3.05) is 7.11 Å². The molecular formula is C15H22O. The van der Waals surface area contributed by atoms with Crippen molar-refractivity contribution in [3.8, 4) is 0 Å². The van der Waals surface area contributed by atoms with Crippen molar-refractivity contribution < 1.29 is 4.74 Å². The van der Waals surface area contributed by atoms with Gasteiger partial charge >= 0.3 is 0 Å². The van der Waals surface area contributed by atoms with Gasteiger partial charge in [0.05, 0.1) is 6.10 Å². The van der Waals surface area contributed by atoms with Crippen LogP contribution in [0.5, 0.6) is 0 Å². The highest BCUT2D eigenvalue weighted by molar-refractivity contribution is 5.14. The van der Waals surface area contributed by atoms with E-state index in [1.807, 2.05) is 6.08 Å². The molecule has 0 N–H and O–H groups in total. The van der Waals surface area contributed by atoms with Crippen LogP contribution in [0, 0.1) is 5.92 Å². The molecule has 1 aromatic rings. The van der Waals surface area contributed by atoms with Crippen LogP contribution in [0.4, 0.5) is 0 Å². The zero-order valence-electron chi connectivity index (χ0n) is 10.4. The lowest BCUT2D eigenvalue weighted by molar-refractivity contribution is 0.0923. The van der Waals surface area contributed by atoms with E-state index in [2.05, 4.69) is 43.8 Å². The normalized spacial score (nSPS) is 14.4. The molecule has 2 unspecified atom stereocenters. The Balaban J connectivity index is 2.27. The van der Waals surface area contributed by atoms with E-state index in [4.69, 9.17) is 4.74 Å². The van der Waals surface area contributed by atoms with Crippen LogP contribution < -0.4 is 0 Å². The van der Waals surface area contributed by atoms with E-state index in [1.165, 1.54) is 18.4 Å². The van der Waals surface area contributed by atoms with Crippen molar-refractivity contribution in [1.82, 2.24) is 0 Å². The molecule has 0 bridgehead atoms. The number of methoxy groups -OCH3 is 1. The van der Waals surface area contributed by atoms with Gasteiger partial charge in [0, 0.05) is 7.11 Å². The average Bonchev–Trinajstić information content (AvgIpc) is 2.32. The van der Waals surface area contributed by atoms with Gasteiger partial charge in [-0.15, -0.1) is 6.58 Å². The zero-order valence-corrected chi connectivity index (χ0v) is 10.4. The standard InChI is InChI=1S/C15H22O/c1-4-15(16-3)13(2)9-8-12-14-10-6-5-7-11-14/h4-7,10-11,13,15H,1,8-9,12H2,2-3H3. The topological polar surface area (TPSA) is 9.23 Å². The molecule has 0 aliphatic heterocycles. The zero-order chi connectivity index (χ0) is 11.8. The Morgan fingerprint density at radius 3 is 2.56 bits per heavy atom. The van der Waals surface area contributed by atoms with Crippen molar-refractivity contribution in [3.63, 3.8) is 0 Å². The van der Waals surface area contributed by atoms with Crippen LogP contribution in [0.25, 0.3) is 0 Å². The Hall–Kier alpha value is -1.08. The minimum absolute atomic E-state index is 0.191. The molecule has 0 amide bonds. The molecule has 0 radical (unpaired) electrons. The second kappa shape index (κ2) is 7.24. The van der Waals surface area contributed by atoms with Crippen LogP contribution in [0.1, 0.15) is 25.3 Å². The Kier molecular flexibility index (Phi) is 5.87. The summed E-state index contributed by atoms with van der Waals surface area (Å²) >= 11 is 0. The third-order valence-electron chi connectivity index (χ3n) is 3.03. The second-order valence-electron chi connectivity index (χ2n) is 4.29. The minimum atomic E-state index is 0.191.